The van der Waals surface area contributed by atoms with Crippen LogP contribution in [0.3, 0.4) is 0 Å². The maximum atomic E-state index is 12.6. The Balaban J connectivity index is 2.11. The molecular weight excluding hydrogens is 271 g/mol. The van der Waals surface area contributed by atoms with Crippen LogP contribution in [0.4, 0.5) is 13.2 Å². The van der Waals surface area contributed by atoms with Crippen LogP contribution in [0.25, 0.3) is 0 Å². The summed E-state index contributed by atoms with van der Waals surface area (Å²) in [4.78, 5) is 17.3. The molecular formula is C13H18F3N3O. The first-order valence-electron chi connectivity index (χ1n) is 6.47. The predicted octanol–water partition coefficient (Wildman–Crippen LogP) is 2.68. The first-order chi connectivity index (χ1) is 9.06. The van der Waals surface area contributed by atoms with Gasteiger partial charge >= 0.3 is 6.18 Å². The van der Waals surface area contributed by atoms with E-state index in [-0.39, 0.29) is 17.9 Å². The normalized spacial score (nSPS) is 16.2. The summed E-state index contributed by atoms with van der Waals surface area (Å²) in [5, 5.41) is 0. The van der Waals surface area contributed by atoms with Crippen molar-refractivity contribution in [3.05, 3.63) is 17.7 Å². The molecule has 0 saturated heterocycles. The lowest BCUT2D eigenvalue weighted by atomic mass is 9.91. The molecule has 2 heterocycles. The molecule has 20 heavy (non-hydrogen) atoms. The van der Waals surface area contributed by atoms with Gasteiger partial charge in [-0.05, 0) is 5.41 Å². The molecule has 4 nitrogen and oxygen atoms in total. The van der Waals surface area contributed by atoms with Crippen LogP contribution in [0, 0.1) is 5.41 Å². The van der Waals surface area contributed by atoms with E-state index in [1.54, 1.807) is 4.90 Å². The number of carbonyl (C=O) groups excluding carboxylic acids is 1. The lowest BCUT2D eigenvalue weighted by molar-refractivity contribution is -0.141. The fourth-order valence-corrected chi connectivity index (χ4v) is 2.17. The molecule has 0 fully saturated rings. The van der Waals surface area contributed by atoms with Crippen LogP contribution >= 0.6 is 0 Å². The third-order valence-corrected chi connectivity index (χ3v) is 3.13. The highest BCUT2D eigenvalue weighted by Crippen LogP contribution is 2.29. The summed E-state index contributed by atoms with van der Waals surface area (Å²) in [6.07, 6.45) is -3.05. The number of carbonyl (C=O) groups is 1. The number of amides is 1. The minimum atomic E-state index is -4.44. The average Bonchev–Trinajstić information content (AvgIpc) is 2.68. The molecule has 1 aliphatic heterocycles. The summed E-state index contributed by atoms with van der Waals surface area (Å²) >= 11 is 0. The molecule has 1 amide bonds. The summed E-state index contributed by atoms with van der Waals surface area (Å²) in [6, 6.07) is 0. The van der Waals surface area contributed by atoms with Crippen molar-refractivity contribution in [2.45, 2.75) is 46.5 Å². The van der Waals surface area contributed by atoms with E-state index in [9.17, 15) is 18.0 Å². The molecule has 1 aromatic rings. The van der Waals surface area contributed by atoms with Crippen molar-refractivity contribution in [3.8, 4) is 0 Å². The van der Waals surface area contributed by atoms with E-state index < -0.39 is 11.9 Å². The molecule has 1 aliphatic rings. The molecule has 2 rings (SSSR count). The number of halogens is 3. The SMILES string of the molecule is CC(C)(C)CC(=O)N1CCn2cc(C(F)(F)F)nc2C1. The van der Waals surface area contributed by atoms with Gasteiger partial charge in [0.05, 0.1) is 6.54 Å². The molecule has 0 atom stereocenters. The Bertz CT molecular complexity index is 514. The second-order valence-corrected chi connectivity index (χ2v) is 6.29. The highest BCUT2D eigenvalue weighted by molar-refractivity contribution is 5.76. The topological polar surface area (TPSA) is 38.1 Å². The Kier molecular flexibility index (Phi) is 3.56. The van der Waals surface area contributed by atoms with Gasteiger partial charge in [0.25, 0.3) is 0 Å². The van der Waals surface area contributed by atoms with Crippen molar-refractivity contribution in [1.82, 2.24) is 14.5 Å². The number of hydrogen-bond donors (Lipinski definition) is 0. The van der Waals surface area contributed by atoms with Crippen molar-refractivity contribution in [2.24, 2.45) is 5.41 Å². The zero-order chi connectivity index (χ0) is 15.1. The smallest absolute Gasteiger partial charge is 0.333 e. The summed E-state index contributed by atoms with van der Waals surface area (Å²) < 4.78 is 39.3. The van der Waals surface area contributed by atoms with Crippen LogP contribution in [-0.2, 0) is 24.1 Å². The summed E-state index contributed by atoms with van der Waals surface area (Å²) in [5.74, 6) is 0.256. The molecule has 0 N–H and O–H groups in total. The standard InChI is InChI=1S/C13H18F3N3O/c1-12(2,3)6-11(20)19-5-4-18-7-9(13(14,15)16)17-10(18)8-19/h7H,4-6,8H2,1-3H3. The zero-order valence-corrected chi connectivity index (χ0v) is 11.8. The average molecular weight is 289 g/mol. The van der Waals surface area contributed by atoms with Gasteiger partial charge in [0.15, 0.2) is 5.69 Å². The number of hydrogen-bond acceptors (Lipinski definition) is 2. The number of aromatic nitrogens is 2. The molecule has 7 heteroatoms. The number of fused-ring (bicyclic) bond motifs is 1. The first kappa shape index (κ1) is 14.9. The molecule has 0 aliphatic carbocycles. The highest BCUT2D eigenvalue weighted by atomic mass is 19.4. The molecule has 0 aromatic carbocycles. The maximum absolute atomic E-state index is 12.6. The van der Waals surface area contributed by atoms with E-state index in [0.717, 1.165) is 6.20 Å². The lowest BCUT2D eigenvalue weighted by Gasteiger charge is -2.30. The van der Waals surface area contributed by atoms with Crippen molar-refractivity contribution in [2.75, 3.05) is 6.54 Å². The Morgan fingerprint density at radius 1 is 1.30 bits per heavy atom. The number of imidazole rings is 1. The summed E-state index contributed by atoms with van der Waals surface area (Å²) in [6.45, 7) is 6.79. The maximum Gasteiger partial charge on any atom is 0.434 e. The number of rotatable bonds is 1. The fourth-order valence-electron chi connectivity index (χ4n) is 2.17. The molecule has 1 aromatic heterocycles. The Labute approximate surface area is 115 Å². The second-order valence-electron chi connectivity index (χ2n) is 6.29. The van der Waals surface area contributed by atoms with Crippen molar-refractivity contribution >= 4 is 5.91 Å². The van der Waals surface area contributed by atoms with Crippen LogP contribution in [0.1, 0.15) is 38.7 Å². The Morgan fingerprint density at radius 3 is 2.50 bits per heavy atom. The van der Waals surface area contributed by atoms with Gasteiger partial charge < -0.3 is 9.47 Å². The lowest BCUT2D eigenvalue weighted by Crippen LogP contribution is -2.39. The molecule has 112 valence electrons. The Morgan fingerprint density at radius 2 is 1.95 bits per heavy atom. The van der Waals surface area contributed by atoms with Gasteiger partial charge in [0, 0.05) is 25.7 Å². The van der Waals surface area contributed by atoms with Gasteiger partial charge in [-0.15, -0.1) is 0 Å². The monoisotopic (exact) mass is 289 g/mol. The van der Waals surface area contributed by atoms with Crippen LogP contribution in [0.2, 0.25) is 0 Å². The third-order valence-electron chi connectivity index (χ3n) is 3.13. The van der Waals surface area contributed by atoms with Crippen LogP contribution in [-0.4, -0.2) is 26.9 Å². The minimum absolute atomic E-state index is 0.0414. The molecule has 0 bridgehead atoms. The highest BCUT2D eigenvalue weighted by Gasteiger charge is 2.36. The van der Waals surface area contributed by atoms with Gasteiger partial charge in [-0.2, -0.15) is 13.2 Å². The molecule has 0 spiro atoms. The van der Waals surface area contributed by atoms with Crippen LogP contribution in [0.5, 0.6) is 0 Å². The summed E-state index contributed by atoms with van der Waals surface area (Å²) in [7, 11) is 0. The van der Waals surface area contributed by atoms with Gasteiger partial charge in [-0.3, -0.25) is 4.79 Å². The molecule has 0 unspecified atom stereocenters. The largest absolute Gasteiger partial charge is 0.434 e. The van der Waals surface area contributed by atoms with E-state index in [4.69, 9.17) is 0 Å². The minimum Gasteiger partial charge on any atom is -0.333 e. The van der Waals surface area contributed by atoms with E-state index in [0.29, 0.717) is 25.3 Å². The van der Waals surface area contributed by atoms with E-state index >= 15 is 0 Å². The second kappa shape index (κ2) is 4.79. The molecule has 0 saturated carbocycles. The first-order valence-corrected chi connectivity index (χ1v) is 6.47. The van der Waals surface area contributed by atoms with Crippen molar-refractivity contribution in [1.29, 1.82) is 0 Å². The number of nitrogens with zero attached hydrogens (tertiary/aromatic N) is 3. The van der Waals surface area contributed by atoms with Gasteiger partial charge in [-0.1, -0.05) is 20.8 Å². The van der Waals surface area contributed by atoms with E-state index in [1.165, 1.54) is 4.57 Å². The quantitative estimate of drug-likeness (QED) is 0.797. The fraction of sp³-hybridized carbons (Fsp3) is 0.692. The zero-order valence-electron chi connectivity index (χ0n) is 11.8. The van der Waals surface area contributed by atoms with Crippen molar-refractivity contribution in [3.63, 3.8) is 0 Å². The van der Waals surface area contributed by atoms with E-state index in [1.807, 2.05) is 20.8 Å². The third kappa shape index (κ3) is 3.32. The Hall–Kier alpha value is -1.53. The van der Waals surface area contributed by atoms with Gasteiger partial charge in [0.1, 0.15) is 5.82 Å². The predicted molar refractivity (Wildman–Crippen MR) is 66.7 cm³/mol. The number of alkyl halides is 3. The van der Waals surface area contributed by atoms with Crippen LogP contribution < -0.4 is 0 Å². The summed E-state index contributed by atoms with van der Waals surface area (Å²) in [5.41, 5.74) is -1.03. The van der Waals surface area contributed by atoms with E-state index in [2.05, 4.69) is 4.98 Å². The van der Waals surface area contributed by atoms with Crippen molar-refractivity contribution < 1.29 is 18.0 Å². The van der Waals surface area contributed by atoms with Gasteiger partial charge in [0.2, 0.25) is 5.91 Å². The molecule has 0 radical (unpaired) electrons. The van der Waals surface area contributed by atoms with Gasteiger partial charge in [-0.25, -0.2) is 4.98 Å². The van der Waals surface area contributed by atoms with Crippen LogP contribution in [0.15, 0.2) is 6.20 Å².